The number of pyridine rings is 1. The second-order valence-electron chi connectivity index (χ2n) is 5.67. The van der Waals surface area contributed by atoms with Crippen molar-refractivity contribution in [3.63, 3.8) is 0 Å². The highest BCUT2D eigenvalue weighted by Gasteiger charge is 2.51. The Bertz CT molecular complexity index is 875. The topological polar surface area (TPSA) is 67.8 Å². The first-order valence-corrected chi connectivity index (χ1v) is 8.31. The Balaban J connectivity index is 1.53. The minimum atomic E-state index is -0.579. The number of amides is 1. The van der Waals surface area contributed by atoms with Crippen LogP contribution in [0.25, 0.3) is 10.7 Å². The Hall–Kier alpha value is -2.67. The second kappa shape index (κ2) is 5.76. The van der Waals surface area contributed by atoms with E-state index in [1.807, 2.05) is 18.2 Å². The molecule has 2 heterocycles. The maximum atomic E-state index is 13.1. The average Bonchev–Trinajstić information content (AvgIpc) is 3.30. The zero-order valence-electron chi connectivity index (χ0n) is 12.6. The molecular weight excluding hydrogens is 327 g/mol. The number of hydrogen-bond donors (Lipinski definition) is 1. The first-order valence-electron chi connectivity index (χ1n) is 7.50. The van der Waals surface area contributed by atoms with E-state index in [-0.39, 0.29) is 11.7 Å². The number of nitrogens with one attached hydrogen (secondary N) is 1. The third-order valence-corrected chi connectivity index (χ3v) is 4.97. The predicted octanol–water partition coefficient (Wildman–Crippen LogP) is 3.41. The lowest BCUT2D eigenvalue weighted by Gasteiger charge is -2.14. The molecule has 0 unspecified atom stereocenters. The molecule has 0 bridgehead atoms. The van der Waals surface area contributed by atoms with E-state index in [4.69, 9.17) is 0 Å². The minimum absolute atomic E-state index is 0.127. The van der Waals surface area contributed by atoms with Crippen molar-refractivity contribution in [2.45, 2.75) is 18.3 Å². The Labute approximate surface area is 141 Å². The van der Waals surface area contributed by atoms with Crippen LogP contribution in [0.3, 0.4) is 0 Å². The van der Waals surface area contributed by atoms with Crippen LogP contribution in [0, 0.1) is 5.82 Å². The molecule has 1 amide bonds. The standard InChI is InChI=1S/C17H13FN4OS/c18-12-6-4-11(5-7-12)17(8-9-17)15(23)20-16-22-21-14(24-16)13-3-1-2-10-19-13/h1-7,10H,8-9H2,(H,20,22,23). The van der Waals surface area contributed by atoms with Crippen molar-refractivity contribution in [2.75, 3.05) is 5.32 Å². The molecule has 24 heavy (non-hydrogen) atoms. The van der Waals surface area contributed by atoms with Gasteiger partial charge in [0.2, 0.25) is 11.0 Å². The van der Waals surface area contributed by atoms with Gasteiger partial charge in [-0.05, 0) is 42.7 Å². The fraction of sp³-hybridized carbons (Fsp3) is 0.176. The number of hydrogen-bond acceptors (Lipinski definition) is 5. The predicted molar refractivity (Wildman–Crippen MR) is 89.1 cm³/mol. The first-order chi connectivity index (χ1) is 11.7. The number of carbonyl (C=O) groups excluding carboxylic acids is 1. The molecule has 1 saturated carbocycles. The Morgan fingerprint density at radius 2 is 1.92 bits per heavy atom. The number of carbonyl (C=O) groups is 1. The summed E-state index contributed by atoms with van der Waals surface area (Å²) in [5.41, 5.74) is 0.968. The Kier molecular flexibility index (Phi) is 3.57. The van der Waals surface area contributed by atoms with Crippen LogP contribution >= 0.6 is 11.3 Å². The summed E-state index contributed by atoms with van der Waals surface area (Å²) in [6, 6.07) is 11.6. The van der Waals surface area contributed by atoms with Gasteiger partial charge in [0, 0.05) is 6.20 Å². The van der Waals surface area contributed by atoms with E-state index >= 15 is 0 Å². The summed E-state index contributed by atoms with van der Waals surface area (Å²) in [4.78, 5) is 16.9. The number of benzene rings is 1. The molecule has 1 fully saturated rings. The Morgan fingerprint density at radius 1 is 1.12 bits per heavy atom. The third-order valence-electron chi connectivity index (χ3n) is 4.11. The van der Waals surface area contributed by atoms with Gasteiger partial charge in [-0.2, -0.15) is 0 Å². The average molecular weight is 340 g/mol. The van der Waals surface area contributed by atoms with Crippen molar-refractivity contribution in [3.8, 4) is 10.7 Å². The fourth-order valence-electron chi connectivity index (χ4n) is 2.62. The molecular formula is C17H13FN4OS. The lowest BCUT2D eigenvalue weighted by Crippen LogP contribution is -2.27. The SMILES string of the molecule is O=C(Nc1nnc(-c2ccccn2)s1)C1(c2ccc(F)cc2)CC1. The smallest absolute Gasteiger partial charge is 0.236 e. The molecule has 7 heteroatoms. The zero-order valence-corrected chi connectivity index (χ0v) is 13.4. The monoisotopic (exact) mass is 340 g/mol. The number of aromatic nitrogens is 3. The maximum absolute atomic E-state index is 13.1. The summed E-state index contributed by atoms with van der Waals surface area (Å²) >= 11 is 1.28. The molecule has 0 saturated heterocycles. The summed E-state index contributed by atoms with van der Waals surface area (Å²) in [6.45, 7) is 0. The largest absolute Gasteiger partial charge is 0.300 e. The maximum Gasteiger partial charge on any atom is 0.236 e. The van der Waals surface area contributed by atoms with Crippen molar-refractivity contribution in [1.29, 1.82) is 0 Å². The van der Waals surface area contributed by atoms with Crippen LogP contribution in [0.5, 0.6) is 0 Å². The van der Waals surface area contributed by atoms with Gasteiger partial charge < -0.3 is 0 Å². The molecule has 5 nitrogen and oxygen atoms in total. The van der Waals surface area contributed by atoms with Gasteiger partial charge in [-0.25, -0.2) is 4.39 Å². The highest BCUT2D eigenvalue weighted by molar-refractivity contribution is 7.18. The molecule has 1 aliphatic rings. The number of nitrogens with zero attached hydrogens (tertiary/aromatic N) is 3. The van der Waals surface area contributed by atoms with Crippen molar-refractivity contribution < 1.29 is 9.18 Å². The first kappa shape index (κ1) is 14.9. The Morgan fingerprint density at radius 3 is 2.58 bits per heavy atom. The van der Waals surface area contributed by atoms with Crippen molar-refractivity contribution in [1.82, 2.24) is 15.2 Å². The van der Waals surface area contributed by atoms with Gasteiger partial charge in [-0.1, -0.05) is 29.5 Å². The van der Waals surface area contributed by atoms with Gasteiger partial charge in [0.25, 0.3) is 0 Å². The van der Waals surface area contributed by atoms with Gasteiger partial charge in [-0.3, -0.25) is 15.1 Å². The number of rotatable bonds is 4. The molecule has 2 aromatic heterocycles. The molecule has 1 aromatic carbocycles. The highest BCUT2D eigenvalue weighted by Crippen LogP contribution is 2.49. The summed E-state index contributed by atoms with van der Waals surface area (Å²) in [7, 11) is 0. The van der Waals surface area contributed by atoms with E-state index in [2.05, 4.69) is 20.5 Å². The third kappa shape index (κ3) is 2.67. The zero-order chi connectivity index (χ0) is 16.6. The van der Waals surface area contributed by atoms with Crippen LogP contribution in [0.15, 0.2) is 48.7 Å². The lowest BCUT2D eigenvalue weighted by atomic mass is 9.95. The number of anilines is 1. The van der Waals surface area contributed by atoms with E-state index < -0.39 is 5.41 Å². The summed E-state index contributed by atoms with van der Waals surface area (Å²) < 4.78 is 13.1. The molecule has 0 spiro atoms. The van der Waals surface area contributed by atoms with E-state index in [9.17, 15) is 9.18 Å². The second-order valence-corrected chi connectivity index (χ2v) is 6.65. The molecule has 120 valence electrons. The molecule has 0 radical (unpaired) electrons. The van der Waals surface area contributed by atoms with Gasteiger partial charge in [-0.15, -0.1) is 10.2 Å². The summed E-state index contributed by atoms with van der Waals surface area (Å²) in [5.74, 6) is -0.433. The van der Waals surface area contributed by atoms with Crippen molar-refractivity contribution >= 4 is 22.4 Å². The minimum Gasteiger partial charge on any atom is -0.300 e. The van der Waals surface area contributed by atoms with E-state index in [1.54, 1.807) is 18.3 Å². The quantitative estimate of drug-likeness (QED) is 0.790. The normalized spacial score (nSPS) is 15.0. The molecule has 3 aromatic rings. The molecule has 1 aliphatic carbocycles. The van der Waals surface area contributed by atoms with Crippen LogP contribution in [-0.4, -0.2) is 21.1 Å². The summed E-state index contributed by atoms with van der Waals surface area (Å²) in [6.07, 6.45) is 3.18. The highest BCUT2D eigenvalue weighted by atomic mass is 32.1. The van der Waals surface area contributed by atoms with E-state index in [0.29, 0.717) is 10.1 Å². The van der Waals surface area contributed by atoms with Gasteiger partial charge >= 0.3 is 0 Å². The molecule has 0 atom stereocenters. The van der Waals surface area contributed by atoms with Crippen molar-refractivity contribution in [2.24, 2.45) is 0 Å². The molecule has 4 rings (SSSR count). The lowest BCUT2D eigenvalue weighted by molar-refractivity contribution is -0.118. The van der Waals surface area contributed by atoms with E-state index in [1.165, 1.54) is 23.5 Å². The van der Waals surface area contributed by atoms with Crippen LogP contribution in [0.1, 0.15) is 18.4 Å². The summed E-state index contributed by atoms with van der Waals surface area (Å²) in [5, 5.41) is 12.0. The molecule has 1 N–H and O–H groups in total. The van der Waals surface area contributed by atoms with Crippen LogP contribution < -0.4 is 5.32 Å². The van der Waals surface area contributed by atoms with Gasteiger partial charge in [0.1, 0.15) is 11.5 Å². The van der Waals surface area contributed by atoms with Crippen LogP contribution in [0.2, 0.25) is 0 Å². The van der Waals surface area contributed by atoms with Crippen LogP contribution in [-0.2, 0) is 10.2 Å². The van der Waals surface area contributed by atoms with E-state index in [0.717, 1.165) is 24.1 Å². The molecule has 0 aliphatic heterocycles. The van der Waals surface area contributed by atoms with Crippen molar-refractivity contribution in [3.05, 3.63) is 60.0 Å². The van der Waals surface area contributed by atoms with Gasteiger partial charge in [0.15, 0.2) is 5.01 Å². The van der Waals surface area contributed by atoms with Crippen LogP contribution in [0.4, 0.5) is 9.52 Å². The fourth-order valence-corrected chi connectivity index (χ4v) is 3.34. The van der Waals surface area contributed by atoms with Gasteiger partial charge in [0.05, 0.1) is 5.41 Å². The number of halogens is 1.